The highest BCUT2D eigenvalue weighted by atomic mass is 79.9. The van der Waals surface area contributed by atoms with Crippen molar-refractivity contribution < 1.29 is 9.59 Å². The van der Waals surface area contributed by atoms with Crippen LogP contribution >= 0.6 is 15.9 Å². The van der Waals surface area contributed by atoms with Crippen LogP contribution in [0.1, 0.15) is 35.7 Å². The molecule has 1 N–H and O–H groups in total. The van der Waals surface area contributed by atoms with Crippen molar-refractivity contribution in [2.75, 3.05) is 19.6 Å². The fourth-order valence-electron chi connectivity index (χ4n) is 2.59. The number of nitrogens with zero attached hydrogens (tertiary/aromatic N) is 1. The highest BCUT2D eigenvalue weighted by molar-refractivity contribution is 9.10. The summed E-state index contributed by atoms with van der Waals surface area (Å²) in [6.07, 6.45) is 1.89. The van der Waals surface area contributed by atoms with Crippen molar-refractivity contribution in [2.24, 2.45) is 5.92 Å². The number of hydrogen-bond donors (Lipinski definition) is 1. The van der Waals surface area contributed by atoms with Crippen LogP contribution in [0.4, 0.5) is 0 Å². The van der Waals surface area contributed by atoms with Gasteiger partial charge in [0.25, 0.3) is 5.91 Å². The molecule has 21 heavy (non-hydrogen) atoms. The van der Waals surface area contributed by atoms with Crippen LogP contribution in [-0.2, 0) is 4.79 Å². The smallest absolute Gasteiger partial charge is 0.253 e. The minimum absolute atomic E-state index is 0.0128. The largest absolute Gasteiger partial charge is 0.356 e. The molecule has 2 amide bonds. The Bertz CT molecular complexity index is 537. The van der Waals surface area contributed by atoms with Crippen LogP contribution in [0, 0.1) is 12.8 Å². The van der Waals surface area contributed by atoms with E-state index in [4.69, 9.17) is 0 Å². The lowest BCUT2D eigenvalue weighted by molar-refractivity contribution is -0.119. The van der Waals surface area contributed by atoms with Crippen molar-refractivity contribution in [1.29, 1.82) is 0 Å². The molecule has 0 bridgehead atoms. The van der Waals surface area contributed by atoms with Crippen molar-refractivity contribution in [2.45, 2.75) is 26.7 Å². The third-order valence-corrected chi connectivity index (χ3v) is 4.84. The number of likely N-dealkylation sites (tertiary alicyclic amines) is 1. The van der Waals surface area contributed by atoms with Crippen LogP contribution in [0.3, 0.4) is 0 Å². The molecule has 2 rings (SSSR count). The van der Waals surface area contributed by atoms with E-state index in [0.717, 1.165) is 48.1 Å². The fourth-order valence-corrected chi connectivity index (χ4v) is 2.84. The first-order valence-electron chi connectivity index (χ1n) is 7.27. The molecule has 5 heteroatoms. The van der Waals surface area contributed by atoms with E-state index >= 15 is 0 Å². The molecule has 114 valence electrons. The summed E-state index contributed by atoms with van der Waals surface area (Å²) in [5, 5.41) is 2.86. The Morgan fingerprint density at radius 3 is 2.57 bits per heavy atom. The Kier molecular flexibility index (Phi) is 5.39. The number of halogens is 1. The van der Waals surface area contributed by atoms with E-state index in [1.54, 1.807) is 0 Å². The molecule has 0 atom stereocenters. The lowest BCUT2D eigenvalue weighted by atomic mass is 9.96. The second-order valence-electron chi connectivity index (χ2n) is 5.64. The molecule has 0 aliphatic carbocycles. The van der Waals surface area contributed by atoms with E-state index in [0.29, 0.717) is 5.92 Å². The molecule has 0 saturated carbocycles. The molecule has 1 aromatic rings. The van der Waals surface area contributed by atoms with Gasteiger partial charge in [-0.2, -0.15) is 0 Å². The lowest BCUT2D eigenvalue weighted by Gasteiger charge is -2.32. The molecular formula is C16H21BrN2O2. The average molecular weight is 353 g/mol. The van der Waals surface area contributed by atoms with Gasteiger partial charge in [0.05, 0.1) is 0 Å². The van der Waals surface area contributed by atoms with Crippen molar-refractivity contribution in [3.05, 3.63) is 33.8 Å². The van der Waals surface area contributed by atoms with Gasteiger partial charge in [-0.1, -0.05) is 15.9 Å². The molecule has 1 heterocycles. The third-order valence-electron chi connectivity index (χ3n) is 3.95. The van der Waals surface area contributed by atoms with Crippen molar-refractivity contribution >= 4 is 27.7 Å². The zero-order valence-electron chi connectivity index (χ0n) is 12.5. The number of nitrogens with one attached hydrogen (secondary N) is 1. The van der Waals surface area contributed by atoms with Gasteiger partial charge in [0, 0.05) is 36.6 Å². The number of benzene rings is 1. The highest BCUT2D eigenvalue weighted by Gasteiger charge is 2.23. The minimum atomic E-state index is 0.0128. The monoisotopic (exact) mass is 352 g/mol. The summed E-state index contributed by atoms with van der Waals surface area (Å²) in [5.41, 5.74) is 1.82. The van der Waals surface area contributed by atoms with Gasteiger partial charge in [0.2, 0.25) is 5.91 Å². The molecule has 0 radical (unpaired) electrons. The van der Waals surface area contributed by atoms with Gasteiger partial charge in [-0.05, 0) is 49.4 Å². The number of carbonyl (C=O) groups is 2. The van der Waals surface area contributed by atoms with E-state index in [-0.39, 0.29) is 11.8 Å². The predicted molar refractivity (Wildman–Crippen MR) is 86.2 cm³/mol. The van der Waals surface area contributed by atoms with Gasteiger partial charge < -0.3 is 10.2 Å². The number of rotatable bonds is 3. The number of aryl methyl sites for hydroxylation is 1. The Hall–Kier alpha value is -1.36. The maximum Gasteiger partial charge on any atom is 0.253 e. The topological polar surface area (TPSA) is 49.4 Å². The minimum Gasteiger partial charge on any atom is -0.356 e. The SMILES string of the molecule is CC(=O)NCC1CCN(C(=O)c2ccc(Br)c(C)c2)CC1. The Labute approximate surface area is 134 Å². The van der Waals surface area contributed by atoms with Crippen LogP contribution in [0.2, 0.25) is 0 Å². The Morgan fingerprint density at radius 1 is 1.33 bits per heavy atom. The quantitative estimate of drug-likeness (QED) is 0.909. The zero-order chi connectivity index (χ0) is 15.4. The fraction of sp³-hybridized carbons (Fsp3) is 0.500. The Morgan fingerprint density at radius 2 is 2.00 bits per heavy atom. The van der Waals surface area contributed by atoms with E-state index in [1.165, 1.54) is 6.92 Å². The summed E-state index contributed by atoms with van der Waals surface area (Å²) in [4.78, 5) is 25.3. The molecule has 1 aliphatic heterocycles. The van der Waals surface area contributed by atoms with Gasteiger partial charge in [-0.25, -0.2) is 0 Å². The number of amides is 2. The second-order valence-corrected chi connectivity index (χ2v) is 6.49. The van der Waals surface area contributed by atoms with Gasteiger partial charge >= 0.3 is 0 Å². The zero-order valence-corrected chi connectivity index (χ0v) is 14.1. The number of carbonyl (C=O) groups excluding carboxylic acids is 2. The molecule has 1 saturated heterocycles. The third kappa shape index (κ3) is 4.30. The second kappa shape index (κ2) is 7.07. The number of hydrogen-bond acceptors (Lipinski definition) is 2. The molecule has 1 aliphatic rings. The predicted octanol–water partition coefficient (Wildman–Crippen LogP) is 2.75. The molecular weight excluding hydrogens is 332 g/mol. The normalized spacial score (nSPS) is 15.9. The van der Waals surface area contributed by atoms with Gasteiger partial charge in [-0.15, -0.1) is 0 Å². The van der Waals surface area contributed by atoms with E-state index in [1.807, 2.05) is 30.0 Å². The molecule has 1 aromatic carbocycles. The lowest BCUT2D eigenvalue weighted by Crippen LogP contribution is -2.41. The maximum absolute atomic E-state index is 12.5. The van der Waals surface area contributed by atoms with Crippen molar-refractivity contribution in [3.8, 4) is 0 Å². The summed E-state index contributed by atoms with van der Waals surface area (Å²) in [6.45, 7) is 5.76. The van der Waals surface area contributed by atoms with Crippen molar-refractivity contribution in [3.63, 3.8) is 0 Å². The summed E-state index contributed by atoms with van der Waals surface area (Å²) < 4.78 is 1.02. The van der Waals surface area contributed by atoms with Crippen molar-refractivity contribution in [1.82, 2.24) is 10.2 Å². The molecule has 0 unspecified atom stereocenters. The highest BCUT2D eigenvalue weighted by Crippen LogP contribution is 2.21. The standard InChI is InChI=1S/C16H21BrN2O2/c1-11-9-14(3-4-15(11)17)16(21)19-7-5-13(6-8-19)10-18-12(2)20/h3-4,9,13H,5-8,10H2,1-2H3,(H,18,20). The molecule has 4 nitrogen and oxygen atoms in total. The van der Waals surface area contributed by atoms with Crippen LogP contribution in [0.25, 0.3) is 0 Å². The molecule has 0 spiro atoms. The van der Waals surface area contributed by atoms with Crippen LogP contribution in [0.5, 0.6) is 0 Å². The first-order chi connectivity index (χ1) is 9.97. The summed E-state index contributed by atoms with van der Waals surface area (Å²) in [5.74, 6) is 0.590. The van der Waals surface area contributed by atoms with Gasteiger partial charge in [0.15, 0.2) is 0 Å². The van der Waals surface area contributed by atoms with Gasteiger partial charge in [0.1, 0.15) is 0 Å². The Balaban J connectivity index is 1.90. The molecule has 0 aromatic heterocycles. The van der Waals surface area contributed by atoms with Gasteiger partial charge in [-0.3, -0.25) is 9.59 Å². The first-order valence-corrected chi connectivity index (χ1v) is 8.06. The summed E-state index contributed by atoms with van der Waals surface area (Å²) in [6, 6.07) is 5.71. The van der Waals surface area contributed by atoms with E-state index in [2.05, 4.69) is 21.2 Å². The van der Waals surface area contributed by atoms with E-state index < -0.39 is 0 Å². The molecule has 1 fully saturated rings. The summed E-state index contributed by atoms with van der Waals surface area (Å²) in [7, 11) is 0. The summed E-state index contributed by atoms with van der Waals surface area (Å²) >= 11 is 3.45. The maximum atomic E-state index is 12.5. The number of piperidine rings is 1. The van der Waals surface area contributed by atoms with E-state index in [9.17, 15) is 9.59 Å². The van der Waals surface area contributed by atoms with Crippen LogP contribution < -0.4 is 5.32 Å². The van der Waals surface area contributed by atoms with Crippen LogP contribution in [0.15, 0.2) is 22.7 Å². The first kappa shape index (κ1) is 16.0. The average Bonchev–Trinajstić information content (AvgIpc) is 2.48. The van der Waals surface area contributed by atoms with Crippen LogP contribution in [-0.4, -0.2) is 36.3 Å².